The van der Waals surface area contributed by atoms with E-state index in [9.17, 15) is 18.8 Å². The molecule has 168 valence electrons. The molecule has 0 aromatic heterocycles. The molecule has 1 aliphatic heterocycles. The largest absolute Gasteiger partial charge is 0.494 e. The minimum Gasteiger partial charge on any atom is -0.494 e. The van der Waals surface area contributed by atoms with Gasteiger partial charge in [-0.3, -0.25) is 19.3 Å². The number of methoxy groups -OCH3 is 1. The molecular formula is C22H22FN3O5S. The first kappa shape index (κ1) is 23.1. The molecule has 32 heavy (non-hydrogen) atoms. The van der Waals surface area contributed by atoms with E-state index in [1.54, 1.807) is 24.3 Å². The van der Waals surface area contributed by atoms with E-state index in [0.717, 1.165) is 0 Å². The third-order valence-electron chi connectivity index (χ3n) is 4.76. The van der Waals surface area contributed by atoms with Crippen molar-refractivity contribution in [2.45, 2.75) is 19.4 Å². The normalized spacial score (nSPS) is 15.7. The van der Waals surface area contributed by atoms with E-state index < -0.39 is 29.6 Å². The maximum Gasteiger partial charge on any atom is 0.325 e. The summed E-state index contributed by atoms with van der Waals surface area (Å²) in [5.74, 6) is -1.33. The fourth-order valence-electron chi connectivity index (χ4n) is 3.23. The van der Waals surface area contributed by atoms with Gasteiger partial charge in [0.05, 0.1) is 25.8 Å². The number of ether oxygens (including phenoxy) is 2. The van der Waals surface area contributed by atoms with Crippen LogP contribution in [-0.2, 0) is 19.1 Å². The van der Waals surface area contributed by atoms with Gasteiger partial charge in [0.15, 0.2) is 5.11 Å². The molecule has 10 heteroatoms. The van der Waals surface area contributed by atoms with Crippen molar-refractivity contribution in [1.29, 1.82) is 0 Å². The molecule has 8 nitrogen and oxygen atoms in total. The number of carbonyl (C=O) groups is 3. The maximum atomic E-state index is 13.2. The number of hydrogen-bond donors (Lipinski definition) is 1. The van der Waals surface area contributed by atoms with Crippen LogP contribution in [0.3, 0.4) is 0 Å². The molecule has 3 rings (SSSR count). The Balaban J connectivity index is 1.82. The van der Waals surface area contributed by atoms with Crippen LogP contribution in [0.15, 0.2) is 48.5 Å². The van der Waals surface area contributed by atoms with Gasteiger partial charge < -0.3 is 19.7 Å². The number of rotatable bonds is 8. The third-order valence-corrected chi connectivity index (χ3v) is 5.18. The molecule has 1 N–H and O–H groups in total. The Morgan fingerprint density at radius 2 is 1.78 bits per heavy atom. The molecule has 2 amide bonds. The highest BCUT2D eigenvalue weighted by Gasteiger charge is 2.45. The number of benzene rings is 2. The first-order valence-corrected chi connectivity index (χ1v) is 10.2. The van der Waals surface area contributed by atoms with Crippen molar-refractivity contribution >= 4 is 46.5 Å². The summed E-state index contributed by atoms with van der Waals surface area (Å²) in [4.78, 5) is 40.4. The highest BCUT2D eigenvalue weighted by molar-refractivity contribution is 7.80. The van der Waals surface area contributed by atoms with Crippen molar-refractivity contribution in [3.8, 4) is 5.75 Å². The van der Waals surface area contributed by atoms with Crippen LogP contribution >= 0.6 is 12.2 Å². The lowest BCUT2D eigenvalue weighted by Crippen LogP contribution is -2.41. The smallest absolute Gasteiger partial charge is 0.325 e. The van der Waals surface area contributed by atoms with Gasteiger partial charge in [-0.25, -0.2) is 4.39 Å². The van der Waals surface area contributed by atoms with Gasteiger partial charge in [-0.2, -0.15) is 0 Å². The maximum absolute atomic E-state index is 13.2. The second-order valence-corrected chi connectivity index (χ2v) is 7.23. The second-order valence-electron chi connectivity index (χ2n) is 6.86. The topological polar surface area (TPSA) is 88.2 Å². The monoisotopic (exact) mass is 459 g/mol. The number of nitrogens with zero attached hydrogens (tertiary/aromatic N) is 2. The fraction of sp³-hybridized carbons (Fsp3) is 0.273. The Kier molecular flexibility index (Phi) is 7.37. The molecule has 1 saturated heterocycles. The summed E-state index contributed by atoms with van der Waals surface area (Å²) in [6.07, 6.45) is -0.263. The van der Waals surface area contributed by atoms with Gasteiger partial charge in [-0.1, -0.05) is 0 Å². The van der Waals surface area contributed by atoms with Crippen LogP contribution in [0, 0.1) is 5.82 Å². The molecule has 1 atom stereocenters. The quantitative estimate of drug-likeness (QED) is 0.480. The highest BCUT2D eigenvalue weighted by Crippen LogP contribution is 2.29. The highest BCUT2D eigenvalue weighted by atomic mass is 32.1. The van der Waals surface area contributed by atoms with Gasteiger partial charge in [-0.05, 0) is 67.7 Å². The summed E-state index contributed by atoms with van der Waals surface area (Å²) in [6.45, 7) is 2.07. The number of hydrogen-bond acceptors (Lipinski definition) is 6. The number of carbonyl (C=O) groups excluding carboxylic acids is 3. The molecule has 2 aromatic rings. The van der Waals surface area contributed by atoms with Crippen molar-refractivity contribution in [2.75, 3.05) is 30.5 Å². The summed E-state index contributed by atoms with van der Waals surface area (Å²) >= 11 is 5.46. The van der Waals surface area contributed by atoms with Crippen LogP contribution in [0.4, 0.5) is 15.8 Å². The van der Waals surface area contributed by atoms with Gasteiger partial charge in [0.2, 0.25) is 5.91 Å². The van der Waals surface area contributed by atoms with E-state index in [-0.39, 0.29) is 18.1 Å². The second kappa shape index (κ2) is 10.2. The van der Waals surface area contributed by atoms with Crippen LogP contribution in [0.5, 0.6) is 5.75 Å². The average molecular weight is 459 g/mol. The van der Waals surface area contributed by atoms with E-state index in [1.807, 2.05) is 6.92 Å². The zero-order valence-electron chi connectivity index (χ0n) is 17.5. The molecule has 1 aliphatic rings. The summed E-state index contributed by atoms with van der Waals surface area (Å²) < 4.78 is 23.2. The summed E-state index contributed by atoms with van der Waals surface area (Å²) in [5.41, 5.74) is 0.868. The van der Waals surface area contributed by atoms with Gasteiger partial charge in [0, 0.05) is 5.69 Å². The summed E-state index contributed by atoms with van der Waals surface area (Å²) in [7, 11) is 1.23. The van der Waals surface area contributed by atoms with E-state index >= 15 is 0 Å². The Morgan fingerprint density at radius 3 is 2.38 bits per heavy atom. The first-order valence-electron chi connectivity index (χ1n) is 9.83. The van der Waals surface area contributed by atoms with Crippen molar-refractivity contribution in [3.63, 3.8) is 0 Å². The van der Waals surface area contributed by atoms with E-state index in [0.29, 0.717) is 23.7 Å². The van der Waals surface area contributed by atoms with E-state index in [1.165, 1.54) is 41.2 Å². The van der Waals surface area contributed by atoms with Crippen molar-refractivity contribution in [3.05, 3.63) is 54.3 Å². The molecule has 0 bridgehead atoms. The number of esters is 1. The zero-order chi connectivity index (χ0) is 23.3. The van der Waals surface area contributed by atoms with Crippen molar-refractivity contribution < 1.29 is 28.2 Å². The minimum atomic E-state index is -1.01. The summed E-state index contributed by atoms with van der Waals surface area (Å²) in [5, 5.41) is 2.70. The Bertz CT molecular complexity index is 1010. The molecule has 0 spiro atoms. The Morgan fingerprint density at radius 1 is 1.12 bits per heavy atom. The molecule has 1 fully saturated rings. The van der Waals surface area contributed by atoms with Crippen molar-refractivity contribution in [1.82, 2.24) is 4.90 Å². The van der Waals surface area contributed by atoms with E-state index in [4.69, 9.17) is 21.7 Å². The molecule has 0 saturated carbocycles. The lowest BCUT2D eigenvalue weighted by molar-refractivity contribution is -0.141. The minimum absolute atomic E-state index is 0.0872. The lowest BCUT2D eigenvalue weighted by Gasteiger charge is -2.22. The predicted octanol–water partition coefficient (Wildman–Crippen LogP) is 2.73. The molecule has 2 aromatic carbocycles. The standard InChI is InChI=1S/C22H22FN3O5S/c1-3-31-17-10-8-16(9-11-17)26-21(29)18(25(22(26)32)13-20(28)30-2)12-19(27)24-15-6-4-14(23)5-7-15/h4-11,18H,3,12-13H2,1-2H3,(H,24,27). The first-order chi connectivity index (χ1) is 15.3. The van der Waals surface area contributed by atoms with Gasteiger partial charge in [-0.15, -0.1) is 0 Å². The number of nitrogens with one attached hydrogen (secondary N) is 1. The summed E-state index contributed by atoms with van der Waals surface area (Å²) in [6, 6.07) is 11.0. The van der Waals surface area contributed by atoms with Crippen LogP contribution < -0.4 is 15.0 Å². The van der Waals surface area contributed by atoms with Crippen LogP contribution in [-0.4, -0.2) is 54.1 Å². The number of anilines is 2. The number of amides is 2. The SMILES string of the molecule is CCOc1ccc(N2C(=O)C(CC(=O)Nc3ccc(F)cc3)N(CC(=O)OC)C2=S)cc1. The van der Waals surface area contributed by atoms with E-state index in [2.05, 4.69) is 5.32 Å². The third kappa shape index (κ3) is 5.20. The average Bonchev–Trinajstić information content (AvgIpc) is 3.00. The predicted molar refractivity (Wildman–Crippen MR) is 120 cm³/mol. The van der Waals surface area contributed by atoms with Gasteiger partial charge in [0.25, 0.3) is 5.91 Å². The molecule has 0 radical (unpaired) electrons. The lowest BCUT2D eigenvalue weighted by atomic mass is 10.1. The van der Waals surface area contributed by atoms with Gasteiger partial charge >= 0.3 is 5.97 Å². The molecule has 1 unspecified atom stereocenters. The van der Waals surface area contributed by atoms with Gasteiger partial charge in [0.1, 0.15) is 24.2 Å². The molecular weight excluding hydrogens is 437 g/mol. The molecule has 1 heterocycles. The molecule has 0 aliphatic carbocycles. The van der Waals surface area contributed by atoms with Crippen LogP contribution in [0.1, 0.15) is 13.3 Å². The number of halogens is 1. The Hall–Kier alpha value is -3.53. The van der Waals surface area contributed by atoms with Crippen LogP contribution in [0.25, 0.3) is 0 Å². The zero-order valence-corrected chi connectivity index (χ0v) is 18.4. The number of thiocarbonyl (C=S) groups is 1. The fourth-order valence-corrected chi connectivity index (χ4v) is 3.62. The van der Waals surface area contributed by atoms with Crippen LogP contribution in [0.2, 0.25) is 0 Å². The Labute approximate surface area is 189 Å². The van der Waals surface area contributed by atoms with Crippen molar-refractivity contribution in [2.24, 2.45) is 0 Å².